The van der Waals surface area contributed by atoms with E-state index in [1.54, 1.807) is 0 Å². The lowest BCUT2D eigenvalue weighted by molar-refractivity contribution is 0.106. The Kier molecular flexibility index (Phi) is 6.62. The van der Waals surface area contributed by atoms with Gasteiger partial charge in [-0.25, -0.2) is 0 Å². The second-order valence-electron chi connectivity index (χ2n) is 6.45. The summed E-state index contributed by atoms with van der Waals surface area (Å²) >= 11 is 0. The summed E-state index contributed by atoms with van der Waals surface area (Å²) < 4.78 is 0. The lowest BCUT2D eigenvalue weighted by Crippen LogP contribution is -2.48. The van der Waals surface area contributed by atoms with Crippen LogP contribution >= 0.6 is 0 Å². The Bertz CT molecular complexity index is 233. The fraction of sp³-hybridized carbons (Fsp3) is 1.00. The molecule has 1 saturated carbocycles. The third-order valence-electron chi connectivity index (χ3n) is 4.88. The fourth-order valence-electron chi connectivity index (χ4n) is 3.65. The Hall–Kier alpha value is -0.120. The molecule has 112 valence electrons. The highest BCUT2D eigenvalue weighted by atomic mass is 16.3. The summed E-state index contributed by atoms with van der Waals surface area (Å²) in [5, 5.41) is 13.3. The van der Waals surface area contributed by atoms with E-state index in [4.69, 9.17) is 0 Å². The predicted octanol–water partition coefficient (Wildman–Crippen LogP) is 2.53. The molecule has 1 heterocycles. The molecular formula is C16H32N2O. The molecule has 0 bridgehead atoms. The van der Waals surface area contributed by atoms with Crippen LogP contribution in [-0.2, 0) is 0 Å². The van der Waals surface area contributed by atoms with E-state index in [0.717, 1.165) is 25.4 Å². The first-order valence-corrected chi connectivity index (χ1v) is 8.45. The van der Waals surface area contributed by atoms with E-state index >= 15 is 0 Å². The van der Waals surface area contributed by atoms with Crippen molar-refractivity contribution in [1.82, 2.24) is 10.2 Å². The van der Waals surface area contributed by atoms with Gasteiger partial charge >= 0.3 is 0 Å². The van der Waals surface area contributed by atoms with Crippen LogP contribution in [0.1, 0.15) is 64.7 Å². The topological polar surface area (TPSA) is 35.5 Å². The Morgan fingerprint density at radius 1 is 1.11 bits per heavy atom. The highest BCUT2D eigenvalue weighted by Gasteiger charge is 2.25. The molecule has 0 aromatic carbocycles. The molecule has 1 aliphatic heterocycles. The minimum Gasteiger partial charge on any atom is -0.392 e. The van der Waals surface area contributed by atoms with E-state index in [1.165, 1.54) is 58.0 Å². The van der Waals surface area contributed by atoms with Gasteiger partial charge in [-0.2, -0.15) is 0 Å². The van der Waals surface area contributed by atoms with Crippen LogP contribution in [-0.4, -0.2) is 47.8 Å². The first-order chi connectivity index (χ1) is 9.29. The number of nitrogens with zero attached hydrogens (tertiary/aromatic N) is 1. The summed E-state index contributed by atoms with van der Waals surface area (Å²) in [5.41, 5.74) is 0. The second-order valence-corrected chi connectivity index (χ2v) is 6.45. The molecule has 0 radical (unpaired) electrons. The molecule has 2 fully saturated rings. The normalized spacial score (nSPS) is 25.6. The van der Waals surface area contributed by atoms with Crippen LogP contribution in [0.4, 0.5) is 0 Å². The maximum Gasteiger partial charge on any atom is 0.0664 e. The van der Waals surface area contributed by atoms with Crippen LogP contribution in [0.15, 0.2) is 0 Å². The molecule has 1 unspecified atom stereocenters. The minimum absolute atomic E-state index is 0.152. The van der Waals surface area contributed by atoms with Gasteiger partial charge < -0.3 is 15.3 Å². The lowest BCUT2D eigenvalue weighted by atomic mass is 9.92. The largest absolute Gasteiger partial charge is 0.392 e. The highest BCUT2D eigenvalue weighted by Crippen LogP contribution is 2.25. The first kappa shape index (κ1) is 15.3. The molecule has 1 saturated heterocycles. The third kappa shape index (κ3) is 5.05. The van der Waals surface area contributed by atoms with Crippen LogP contribution in [0.5, 0.6) is 0 Å². The van der Waals surface area contributed by atoms with Gasteiger partial charge in [-0.1, -0.05) is 32.6 Å². The van der Waals surface area contributed by atoms with Gasteiger partial charge in [-0.15, -0.1) is 0 Å². The van der Waals surface area contributed by atoms with Crippen LogP contribution in [0, 0.1) is 0 Å². The van der Waals surface area contributed by atoms with Crippen molar-refractivity contribution in [1.29, 1.82) is 0 Å². The quantitative estimate of drug-likeness (QED) is 0.777. The van der Waals surface area contributed by atoms with Crippen molar-refractivity contribution >= 4 is 0 Å². The Balaban J connectivity index is 1.62. The molecule has 1 atom stereocenters. The first-order valence-electron chi connectivity index (χ1n) is 8.45. The van der Waals surface area contributed by atoms with Crippen LogP contribution < -0.4 is 5.32 Å². The average Bonchev–Trinajstić information content (AvgIpc) is 2.47. The van der Waals surface area contributed by atoms with Crippen molar-refractivity contribution in [2.24, 2.45) is 0 Å². The average molecular weight is 268 g/mol. The van der Waals surface area contributed by atoms with Crippen LogP contribution in [0.2, 0.25) is 0 Å². The van der Waals surface area contributed by atoms with E-state index in [-0.39, 0.29) is 6.10 Å². The minimum atomic E-state index is -0.152. The zero-order valence-electron chi connectivity index (χ0n) is 12.6. The summed E-state index contributed by atoms with van der Waals surface area (Å²) in [6.45, 7) is 5.42. The van der Waals surface area contributed by atoms with E-state index in [9.17, 15) is 5.11 Å². The van der Waals surface area contributed by atoms with Gasteiger partial charge in [-0.05, 0) is 45.2 Å². The van der Waals surface area contributed by atoms with Gasteiger partial charge in [0.15, 0.2) is 0 Å². The number of likely N-dealkylation sites (tertiary alicyclic amines) is 1. The number of hydrogen-bond acceptors (Lipinski definition) is 3. The highest BCUT2D eigenvalue weighted by molar-refractivity contribution is 4.83. The standard InChI is InChI=1S/C16H32N2O/c1-2-6-16(19)13-17-14-9-11-18(12-10-14)15-7-4-3-5-8-15/h14-17,19H,2-13H2,1H3. The van der Waals surface area contributed by atoms with E-state index in [0.29, 0.717) is 6.04 Å². The van der Waals surface area contributed by atoms with Gasteiger partial charge in [-0.3, -0.25) is 0 Å². The molecule has 2 N–H and O–H groups in total. The van der Waals surface area contributed by atoms with Crippen molar-refractivity contribution in [3.05, 3.63) is 0 Å². The summed E-state index contributed by atoms with van der Waals surface area (Å²) in [4.78, 5) is 2.72. The SMILES string of the molecule is CCCC(O)CNC1CCN(C2CCCCC2)CC1. The Labute approximate surface area is 118 Å². The zero-order valence-corrected chi connectivity index (χ0v) is 12.6. The predicted molar refractivity (Wildman–Crippen MR) is 80.4 cm³/mol. The number of nitrogens with one attached hydrogen (secondary N) is 1. The second kappa shape index (κ2) is 8.23. The summed E-state index contributed by atoms with van der Waals surface area (Å²) in [7, 11) is 0. The van der Waals surface area contributed by atoms with E-state index < -0.39 is 0 Å². The number of aliphatic hydroxyl groups is 1. The van der Waals surface area contributed by atoms with E-state index in [2.05, 4.69) is 17.1 Å². The van der Waals surface area contributed by atoms with Crippen molar-refractivity contribution < 1.29 is 5.11 Å². The lowest BCUT2D eigenvalue weighted by Gasteiger charge is -2.39. The van der Waals surface area contributed by atoms with Crippen molar-refractivity contribution in [2.75, 3.05) is 19.6 Å². The molecule has 0 spiro atoms. The number of rotatable bonds is 6. The monoisotopic (exact) mass is 268 g/mol. The summed E-state index contributed by atoms with van der Waals surface area (Å²) in [6, 6.07) is 1.51. The summed E-state index contributed by atoms with van der Waals surface area (Å²) in [5.74, 6) is 0. The maximum absolute atomic E-state index is 9.76. The van der Waals surface area contributed by atoms with Gasteiger partial charge in [0.05, 0.1) is 6.10 Å². The van der Waals surface area contributed by atoms with Crippen molar-refractivity contribution in [2.45, 2.75) is 82.9 Å². The van der Waals surface area contributed by atoms with E-state index in [1.807, 2.05) is 0 Å². The summed E-state index contributed by atoms with van der Waals surface area (Å²) in [6.07, 6.45) is 11.5. The van der Waals surface area contributed by atoms with Gasteiger partial charge in [0.1, 0.15) is 0 Å². The number of piperidine rings is 1. The molecule has 0 aromatic rings. The van der Waals surface area contributed by atoms with Gasteiger partial charge in [0.25, 0.3) is 0 Å². The molecule has 1 aliphatic carbocycles. The zero-order chi connectivity index (χ0) is 13.5. The molecule has 3 nitrogen and oxygen atoms in total. The maximum atomic E-state index is 9.76. The third-order valence-corrected chi connectivity index (χ3v) is 4.88. The molecule has 0 amide bonds. The molecule has 3 heteroatoms. The smallest absolute Gasteiger partial charge is 0.0664 e. The Morgan fingerprint density at radius 2 is 1.79 bits per heavy atom. The van der Waals surface area contributed by atoms with Crippen LogP contribution in [0.25, 0.3) is 0 Å². The van der Waals surface area contributed by atoms with Crippen LogP contribution in [0.3, 0.4) is 0 Å². The molecule has 19 heavy (non-hydrogen) atoms. The fourth-order valence-corrected chi connectivity index (χ4v) is 3.65. The molecule has 2 rings (SSSR count). The van der Waals surface area contributed by atoms with Crippen molar-refractivity contribution in [3.63, 3.8) is 0 Å². The van der Waals surface area contributed by atoms with Crippen molar-refractivity contribution in [3.8, 4) is 0 Å². The Morgan fingerprint density at radius 3 is 2.42 bits per heavy atom. The molecular weight excluding hydrogens is 236 g/mol. The van der Waals surface area contributed by atoms with Gasteiger partial charge in [0, 0.05) is 18.6 Å². The molecule has 2 aliphatic rings. The number of aliphatic hydroxyl groups excluding tert-OH is 1. The number of hydrogen-bond donors (Lipinski definition) is 2. The molecule has 0 aromatic heterocycles. The van der Waals surface area contributed by atoms with Gasteiger partial charge in [0.2, 0.25) is 0 Å².